The van der Waals surface area contributed by atoms with Gasteiger partial charge in [-0.05, 0) is 69.2 Å². The number of methoxy groups -OCH3 is 2. The van der Waals surface area contributed by atoms with Crippen molar-refractivity contribution in [1.29, 1.82) is 0 Å². The van der Waals surface area contributed by atoms with Gasteiger partial charge in [-0.1, -0.05) is 37.3 Å². The van der Waals surface area contributed by atoms with Crippen LogP contribution >= 0.6 is 0 Å². The maximum atomic E-state index is 14.2. The summed E-state index contributed by atoms with van der Waals surface area (Å²) in [6.07, 6.45) is 0.336. The molecule has 1 N–H and O–H groups in total. The molecule has 0 saturated heterocycles. The fourth-order valence-corrected chi connectivity index (χ4v) is 6.02. The van der Waals surface area contributed by atoms with Crippen LogP contribution in [0.1, 0.15) is 39.7 Å². The van der Waals surface area contributed by atoms with Crippen LogP contribution in [-0.4, -0.2) is 64.6 Å². The minimum atomic E-state index is -4.30. The van der Waals surface area contributed by atoms with Crippen molar-refractivity contribution in [3.05, 3.63) is 78.4 Å². The van der Waals surface area contributed by atoms with Gasteiger partial charge < -0.3 is 24.4 Å². The third-order valence-electron chi connectivity index (χ3n) is 6.67. The minimum Gasteiger partial charge on any atom is -0.494 e. The van der Waals surface area contributed by atoms with Crippen molar-refractivity contribution in [2.75, 3.05) is 31.7 Å². The summed E-state index contributed by atoms with van der Waals surface area (Å²) in [5.74, 6) is 0.303. The van der Waals surface area contributed by atoms with Crippen molar-refractivity contribution in [1.82, 2.24) is 10.2 Å². The fourth-order valence-electron chi connectivity index (χ4n) is 4.59. The molecule has 1 atom stereocenters. The molecule has 3 aromatic rings. The van der Waals surface area contributed by atoms with E-state index >= 15 is 0 Å². The lowest BCUT2D eigenvalue weighted by atomic mass is 10.1. The van der Waals surface area contributed by atoms with Crippen molar-refractivity contribution in [2.45, 2.75) is 57.6 Å². The lowest BCUT2D eigenvalue weighted by molar-refractivity contribution is -0.140. The number of amides is 2. The molecule has 11 heteroatoms. The number of rotatable bonds is 15. The van der Waals surface area contributed by atoms with Gasteiger partial charge in [0.05, 0.1) is 31.4 Å². The molecule has 0 bridgehead atoms. The molecule has 0 unspecified atom stereocenters. The molecular formula is C32H41N3O7S. The topological polar surface area (TPSA) is 114 Å². The molecule has 0 spiro atoms. The molecular weight excluding hydrogens is 570 g/mol. The maximum Gasteiger partial charge on any atom is 0.264 e. The zero-order valence-electron chi connectivity index (χ0n) is 25.6. The number of ether oxygens (including phenoxy) is 3. The number of carbonyl (C=O) groups is 2. The number of sulfonamides is 1. The van der Waals surface area contributed by atoms with E-state index in [9.17, 15) is 18.0 Å². The van der Waals surface area contributed by atoms with Gasteiger partial charge in [0.1, 0.15) is 18.3 Å². The Bertz CT molecular complexity index is 1460. The zero-order chi connectivity index (χ0) is 31.6. The third kappa shape index (κ3) is 8.41. The SMILES string of the molecule is CCOc1ccc(N(CC(=O)N(Cc2ccccc2)[C@H](CC)C(=O)NC(C)C)S(=O)(=O)c2ccc(OC)c(OC)c2)cc1. The van der Waals surface area contributed by atoms with E-state index in [0.717, 1.165) is 9.87 Å². The lowest BCUT2D eigenvalue weighted by Gasteiger charge is -2.33. The van der Waals surface area contributed by atoms with Crippen LogP contribution in [0.15, 0.2) is 77.7 Å². The molecule has 3 rings (SSSR count). The second-order valence-corrected chi connectivity index (χ2v) is 11.9. The van der Waals surface area contributed by atoms with Crippen LogP contribution in [0.4, 0.5) is 5.69 Å². The van der Waals surface area contributed by atoms with Gasteiger partial charge >= 0.3 is 0 Å². The van der Waals surface area contributed by atoms with E-state index in [1.54, 1.807) is 24.3 Å². The first kappa shape index (κ1) is 33.3. The fraction of sp³-hybridized carbons (Fsp3) is 0.375. The molecule has 10 nitrogen and oxygen atoms in total. The Hall–Kier alpha value is -4.25. The van der Waals surface area contributed by atoms with Crippen LogP contribution in [0.5, 0.6) is 17.2 Å². The normalized spacial score (nSPS) is 11.9. The molecule has 232 valence electrons. The van der Waals surface area contributed by atoms with Crippen LogP contribution in [0, 0.1) is 0 Å². The second-order valence-electron chi connectivity index (χ2n) is 10.0. The molecule has 0 aromatic heterocycles. The quantitative estimate of drug-likeness (QED) is 0.267. The Morgan fingerprint density at radius 2 is 1.53 bits per heavy atom. The van der Waals surface area contributed by atoms with Gasteiger partial charge in [-0.2, -0.15) is 0 Å². The summed E-state index contributed by atoms with van der Waals surface area (Å²) in [6.45, 7) is 7.37. The van der Waals surface area contributed by atoms with Crippen LogP contribution in [0.3, 0.4) is 0 Å². The van der Waals surface area contributed by atoms with Crippen LogP contribution in [-0.2, 0) is 26.2 Å². The molecule has 2 amide bonds. The minimum absolute atomic E-state index is 0.0916. The van der Waals surface area contributed by atoms with Crippen LogP contribution < -0.4 is 23.8 Å². The number of carbonyl (C=O) groups excluding carboxylic acids is 2. The third-order valence-corrected chi connectivity index (χ3v) is 8.44. The van der Waals surface area contributed by atoms with Crippen molar-refractivity contribution in [3.8, 4) is 17.2 Å². The molecule has 0 radical (unpaired) electrons. The molecule has 0 saturated carbocycles. The highest BCUT2D eigenvalue weighted by Crippen LogP contribution is 2.33. The summed E-state index contributed by atoms with van der Waals surface area (Å²) in [7, 11) is -1.43. The average molecular weight is 612 g/mol. The number of nitrogens with zero attached hydrogens (tertiary/aromatic N) is 2. The molecule has 0 aliphatic rings. The number of anilines is 1. The number of benzene rings is 3. The Labute approximate surface area is 254 Å². The Balaban J connectivity index is 2.10. The summed E-state index contributed by atoms with van der Waals surface area (Å²) in [4.78, 5) is 28.8. The van der Waals surface area contributed by atoms with Crippen molar-refractivity contribution < 1.29 is 32.2 Å². The molecule has 0 aliphatic heterocycles. The summed E-state index contributed by atoms with van der Waals surface area (Å²) >= 11 is 0. The Morgan fingerprint density at radius 3 is 2.09 bits per heavy atom. The number of hydrogen-bond acceptors (Lipinski definition) is 7. The summed E-state index contributed by atoms with van der Waals surface area (Å²) in [5.41, 5.74) is 1.06. The van der Waals surface area contributed by atoms with E-state index in [4.69, 9.17) is 14.2 Å². The van der Waals surface area contributed by atoms with Crippen molar-refractivity contribution in [2.24, 2.45) is 0 Å². The standard InChI is InChI=1S/C32H41N3O7S/c1-7-28(32(37)33-23(3)4)34(21-24-12-10-9-11-13-24)31(36)22-35(25-14-16-26(17-15-25)42-8-2)43(38,39)27-18-19-29(40-5)30(20-27)41-6/h9-20,23,28H,7-8,21-22H2,1-6H3,(H,33,37)/t28-/m1/s1. The highest BCUT2D eigenvalue weighted by molar-refractivity contribution is 7.92. The summed E-state index contributed by atoms with van der Waals surface area (Å²) in [5, 5.41) is 2.89. The van der Waals surface area contributed by atoms with E-state index in [0.29, 0.717) is 24.5 Å². The molecule has 0 aliphatic carbocycles. The zero-order valence-corrected chi connectivity index (χ0v) is 26.4. The molecule has 0 heterocycles. The smallest absolute Gasteiger partial charge is 0.264 e. The largest absolute Gasteiger partial charge is 0.494 e. The summed E-state index contributed by atoms with van der Waals surface area (Å²) < 4.78 is 45.6. The number of hydrogen-bond donors (Lipinski definition) is 1. The highest BCUT2D eigenvalue weighted by atomic mass is 32.2. The Morgan fingerprint density at radius 1 is 0.884 bits per heavy atom. The van der Waals surface area contributed by atoms with E-state index in [-0.39, 0.29) is 34.8 Å². The van der Waals surface area contributed by atoms with Gasteiger partial charge in [-0.15, -0.1) is 0 Å². The first-order valence-corrected chi connectivity index (χ1v) is 15.6. The monoisotopic (exact) mass is 611 g/mol. The van der Waals surface area contributed by atoms with E-state index in [2.05, 4.69) is 5.32 Å². The van der Waals surface area contributed by atoms with Gasteiger partial charge in [-0.3, -0.25) is 13.9 Å². The summed E-state index contributed by atoms with van der Waals surface area (Å²) in [6, 6.07) is 19.0. The van der Waals surface area contributed by atoms with Crippen molar-refractivity contribution >= 4 is 27.5 Å². The van der Waals surface area contributed by atoms with Crippen molar-refractivity contribution in [3.63, 3.8) is 0 Å². The Kier molecular flexibility index (Phi) is 11.8. The van der Waals surface area contributed by atoms with Gasteiger partial charge in [0, 0.05) is 18.7 Å². The second kappa shape index (κ2) is 15.3. The lowest BCUT2D eigenvalue weighted by Crippen LogP contribution is -2.53. The molecule has 3 aromatic carbocycles. The van der Waals surface area contributed by atoms with Gasteiger partial charge in [-0.25, -0.2) is 8.42 Å². The van der Waals surface area contributed by atoms with E-state index in [1.165, 1.54) is 37.3 Å². The first-order valence-electron chi connectivity index (χ1n) is 14.2. The van der Waals surface area contributed by atoms with E-state index < -0.39 is 28.5 Å². The average Bonchev–Trinajstić information content (AvgIpc) is 3.00. The van der Waals surface area contributed by atoms with Crippen LogP contribution in [0.2, 0.25) is 0 Å². The maximum absolute atomic E-state index is 14.2. The van der Waals surface area contributed by atoms with E-state index in [1.807, 2.05) is 58.0 Å². The highest BCUT2D eigenvalue weighted by Gasteiger charge is 2.34. The van der Waals surface area contributed by atoms with Crippen LogP contribution in [0.25, 0.3) is 0 Å². The predicted octanol–water partition coefficient (Wildman–Crippen LogP) is 4.63. The number of nitrogens with one attached hydrogen (secondary N) is 1. The first-order chi connectivity index (χ1) is 20.5. The van der Waals surface area contributed by atoms with Gasteiger partial charge in [0.25, 0.3) is 10.0 Å². The van der Waals surface area contributed by atoms with Gasteiger partial charge in [0.15, 0.2) is 11.5 Å². The van der Waals surface area contributed by atoms with Gasteiger partial charge in [0.2, 0.25) is 11.8 Å². The predicted molar refractivity (Wildman–Crippen MR) is 166 cm³/mol. The molecule has 0 fully saturated rings. The molecule has 43 heavy (non-hydrogen) atoms.